The number of carbonyl (C=O) groups excluding carboxylic acids is 2. The third kappa shape index (κ3) is 6.02. The molecule has 0 aliphatic rings. The summed E-state index contributed by atoms with van der Waals surface area (Å²) < 4.78 is 10.2. The summed E-state index contributed by atoms with van der Waals surface area (Å²) in [5.41, 5.74) is 2.38. The quantitative estimate of drug-likeness (QED) is 0.687. The first kappa shape index (κ1) is 20.3. The fourth-order valence-electron chi connectivity index (χ4n) is 2.65. The van der Waals surface area contributed by atoms with Gasteiger partial charge in [-0.2, -0.15) is 0 Å². The molecule has 0 spiro atoms. The molecule has 2 aromatic rings. The molecule has 0 saturated carbocycles. The first-order valence-electron chi connectivity index (χ1n) is 8.99. The zero-order chi connectivity index (χ0) is 19.6. The van der Waals surface area contributed by atoms with E-state index in [2.05, 4.69) is 24.1 Å². The van der Waals surface area contributed by atoms with E-state index in [0.717, 1.165) is 30.1 Å². The van der Waals surface area contributed by atoms with E-state index in [1.165, 1.54) is 0 Å². The highest BCUT2D eigenvalue weighted by Gasteiger charge is 2.11. The summed E-state index contributed by atoms with van der Waals surface area (Å²) in [5, 5.41) is 2.72. The van der Waals surface area contributed by atoms with Crippen LogP contribution in [0.2, 0.25) is 0 Å². The van der Waals surface area contributed by atoms with E-state index in [0.29, 0.717) is 12.1 Å². The molecule has 0 aromatic heterocycles. The number of anilines is 1. The zero-order valence-electron chi connectivity index (χ0n) is 16.0. The molecule has 0 fully saturated rings. The average Bonchev–Trinajstić information content (AvgIpc) is 2.72. The minimum Gasteiger partial charge on any atom is -0.497 e. The van der Waals surface area contributed by atoms with Gasteiger partial charge in [-0.3, -0.25) is 4.79 Å². The molecule has 2 aromatic carbocycles. The molecule has 144 valence electrons. The van der Waals surface area contributed by atoms with Crippen molar-refractivity contribution in [1.82, 2.24) is 5.32 Å². The fourth-order valence-corrected chi connectivity index (χ4v) is 2.65. The van der Waals surface area contributed by atoms with E-state index < -0.39 is 5.97 Å². The van der Waals surface area contributed by atoms with E-state index in [4.69, 9.17) is 9.47 Å². The summed E-state index contributed by atoms with van der Waals surface area (Å²) in [7, 11) is 1.59. The second kappa shape index (κ2) is 10.2. The molecule has 2 rings (SSSR count). The highest BCUT2D eigenvalue weighted by Crippen LogP contribution is 2.15. The number of hydrogen-bond acceptors (Lipinski definition) is 5. The van der Waals surface area contributed by atoms with Gasteiger partial charge in [0.1, 0.15) is 5.75 Å². The van der Waals surface area contributed by atoms with Crippen LogP contribution in [0.4, 0.5) is 5.69 Å². The molecule has 6 nitrogen and oxygen atoms in total. The van der Waals surface area contributed by atoms with Crippen molar-refractivity contribution in [3.8, 4) is 5.75 Å². The van der Waals surface area contributed by atoms with Crippen LogP contribution in [0, 0.1) is 0 Å². The monoisotopic (exact) mass is 370 g/mol. The van der Waals surface area contributed by atoms with Crippen LogP contribution in [0.3, 0.4) is 0 Å². The lowest BCUT2D eigenvalue weighted by Crippen LogP contribution is -2.28. The number of hydrogen-bond donors (Lipinski definition) is 1. The second-order valence-electron chi connectivity index (χ2n) is 5.92. The summed E-state index contributed by atoms with van der Waals surface area (Å²) in [5.74, 6) is -0.148. The highest BCUT2D eigenvalue weighted by molar-refractivity contribution is 5.91. The Morgan fingerprint density at radius 2 is 1.74 bits per heavy atom. The molecule has 1 N–H and O–H groups in total. The number of rotatable bonds is 9. The minimum absolute atomic E-state index is 0.319. The van der Waals surface area contributed by atoms with Gasteiger partial charge in [0.05, 0.1) is 12.7 Å². The Balaban J connectivity index is 1.81. The summed E-state index contributed by atoms with van der Waals surface area (Å²) in [6.45, 7) is 5.97. The van der Waals surface area contributed by atoms with Gasteiger partial charge in [0.2, 0.25) is 0 Å². The molecule has 0 unspecified atom stereocenters. The summed E-state index contributed by atoms with van der Waals surface area (Å²) in [6, 6.07) is 14.6. The third-order valence-corrected chi connectivity index (χ3v) is 4.19. The summed E-state index contributed by atoms with van der Waals surface area (Å²) >= 11 is 0. The highest BCUT2D eigenvalue weighted by atomic mass is 16.5. The molecule has 27 heavy (non-hydrogen) atoms. The van der Waals surface area contributed by atoms with Gasteiger partial charge in [-0.05, 0) is 55.8 Å². The largest absolute Gasteiger partial charge is 0.497 e. The van der Waals surface area contributed by atoms with E-state index in [1.54, 1.807) is 19.2 Å². The van der Waals surface area contributed by atoms with Crippen molar-refractivity contribution in [3.63, 3.8) is 0 Å². The van der Waals surface area contributed by atoms with Crippen molar-refractivity contribution in [3.05, 3.63) is 59.7 Å². The Labute approximate surface area is 160 Å². The number of benzene rings is 2. The summed E-state index contributed by atoms with van der Waals surface area (Å²) in [6.07, 6.45) is 0. The number of carbonyl (C=O) groups is 2. The van der Waals surface area contributed by atoms with Crippen molar-refractivity contribution in [2.75, 3.05) is 31.7 Å². The fraction of sp³-hybridized carbons (Fsp3) is 0.333. The first-order chi connectivity index (χ1) is 13.1. The van der Waals surface area contributed by atoms with Crippen LogP contribution in [-0.2, 0) is 16.1 Å². The maximum absolute atomic E-state index is 12.1. The van der Waals surface area contributed by atoms with Crippen LogP contribution >= 0.6 is 0 Å². The van der Waals surface area contributed by atoms with E-state index >= 15 is 0 Å². The maximum atomic E-state index is 12.1. The van der Waals surface area contributed by atoms with Crippen LogP contribution in [0.25, 0.3) is 0 Å². The Morgan fingerprint density at radius 1 is 1.04 bits per heavy atom. The zero-order valence-corrected chi connectivity index (χ0v) is 16.0. The SMILES string of the molecule is CCN(CC)c1ccc(C(=O)OCC(=O)NCc2cccc(OC)c2)cc1. The van der Waals surface area contributed by atoms with Crippen molar-refractivity contribution in [1.29, 1.82) is 0 Å². The Hall–Kier alpha value is -3.02. The van der Waals surface area contributed by atoms with Gasteiger partial charge in [-0.15, -0.1) is 0 Å². The molecular weight excluding hydrogens is 344 g/mol. The molecule has 6 heteroatoms. The molecule has 0 atom stereocenters. The molecule has 1 amide bonds. The lowest BCUT2D eigenvalue weighted by molar-refractivity contribution is -0.124. The van der Waals surface area contributed by atoms with Crippen molar-refractivity contribution >= 4 is 17.6 Å². The van der Waals surface area contributed by atoms with Crippen LogP contribution < -0.4 is 15.0 Å². The van der Waals surface area contributed by atoms with E-state index in [-0.39, 0.29) is 12.5 Å². The molecule has 0 saturated heterocycles. The molecule has 0 bridgehead atoms. The van der Waals surface area contributed by atoms with Gasteiger partial charge in [0, 0.05) is 25.3 Å². The topological polar surface area (TPSA) is 67.9 Å². The van der Waals surface area contributed by atoms with E-state index in [1.807, 2.05) is 36.4 Å². The Kier molecular flexibility index (Phi) is 7.67. The minimum atomic E-state index is -0.516. The normalized spacial score (nSPS) is 10.2. The molecule has 0 aliphatic carbocycles. The number of methoxy groups -OCH3 is 1. The number of nitrogens with zero attached hydrogens (tertiary/aromatic N) is 1. The van der Waals surface area contributed by atoms with Gasteiger partial charge in [-0.25, -0.2) is 4.79 Å². The van der Waals surface area contributed by atoms with Gasteiger partial charge in [-0.1, -0.05) is 12.1 Å². The van der Waals surface area contributed by atoms with Gasteiger partial charge < -0.3 is 19.7 Å². The standard InChI is InChI=1S/C21H26N2O4/c1-4-23(5-2)18-11-9-17(10-12-18)21(25)27-15-20(24)22-14-16-7-6-8-19(13-16)26-3/h6-13H,4-5,14-15H2,1-3H3,(H,22,24). The van der Waals surface area contributed by atoms with Crippen LogP contribution in [0.5, 0.6) is 5.75 Å². The molecule has 0 heterocycles. The predicted octanol–water partition coefficient (Wildman–Crippen LogP) is 3.01. The first-order valence-corrected chi connectivity index (χ1v) is 8.99. The lowest BCUT2D eigenvalue weighted by atomic mass is 10.2. The van der Waals surface area contributed by atoms with E-state index in [9.17, 15) is 9.59 Å². The average molecular weight is 370 g/mol. The van der Waals surface area contributed by atoms with Crippen molar-refractivity contribution in [2.24, 2.45) is 0 Å². The van der Waals surface area contributed by atoms with Crippen LogP contribution in [0.15, 0.2) is 48.5 Å². The van der Waals surface area contributed by atoms with Gasteiger partial charge in [0.25, 0.3) is 5.91 Å². The number of ether oxygens (including phenoxy) is 2. The number of nitrogens with one attached hydrogen (secondary N) is 1. The smallest absolute Gasteiger partial charge is 0.338 e. The van der Waals surface area contributed by atoms with Crippen LogP contribution in [0.1, 0.15) is 29.8 Å². The molecule has 0 radical (unpaired) electrons. The third-order valence-electron chi connectivity index (χ3n) is 4.19. The summed E-state index contributed by atoms with van der Waals surface area (Å²) in [4.78, 5) is 26.2. The van der Waals surface area contributed by atoms with Gasteiger partial charge in [0.15, 0.2) is 6.61 Å². The second-order valence-corrected chi connectivity index (χ2v) is 5.92. The number of esters is 1. The number of amides is 1. The van der Waals surface area contributed by atoms with Crippen LogP contribution in [-0.4, -0.2) is 38.7 Å². The predicted molar refractivity (Wildman–Crippen MR) is 105 cm³/mol. The lowest BCUT2D eigenvalue weighted by Gasteiger charge is -2.20. The molecule has 0 aliphatic heterocycles. The molecular formula is C21H26N2O4. The van der Waals surface area contributed by atoms with Crippen molar-refractivity contribution in [2.45, 2.75) is 20.4 Å². The Morgan fingerprint density at radius 3 is 2.37 bits per heavy atom. The Bertz CT molecular complexity index is 755. The van der Waals surface area contributed by atoms with Gasteiger partial charge >= 0.3 is 5.97 Å². The van der Waals surface area contributed by atoms with Crippen molar-refractivity contribution < 1.29 is 19.1 Å². The maximum Gasteiger partial charge on any atom is 0.338 e.